The number of carbonyl (C=O) groups is 1. The molecule has 5 rings (SSSR count). The van der Waals surface area contributed by atoms with Crippen molar-refractivity contribution in [1.82, 2.24) is 25.1 Å². The van der Waals surface area contributed by atoms with Gasteiger partial charge in [-0.3, -0.25) is 19.8 Å². The summed E-state index contributed by atoms with van der Waals surface area (Å²) in [5.74, 6) is 0.859. The lowest BCUT2D eigenvalue weighted by atomic mass is 9.94. The number of ketones is 1. The lowest BCUT2D eigenvalue weighted by Crippen LogP contribution is -2.40. The minimum absolute atomic E-state index is 0.101. The number of H-pyrrole nitrogens is 1. The highest BCUT2D eigenvalue weighted by Gasteiger charge is 2.31. The molecule has 0 radical (unpaired) electrons. The zero-order valence-corrected chi connectivity index (χ0v) is 19.2. The summed E-state index contributed by atoms with van der Waals surface area (Å²) in [5.41, 5.74) is 4.22. The van der Waals surface area contributed by atoms with Gasteiger partial charge in [-0.05, 0) is 60.4 Å². The second kappa shape index (κ2) is 8.94. The molecule has 1 saturated heterocycles. The van der Waals surface area contributed by atoms with Crippen LogP contribution in [-0.2, 0) is 11.2 Å². The predicted octanol–water partition coefficient (Wildman–Crippen LogP) is 5.18. The first kappa shape index (κ1) is 21.0. The summed E-state index contributed by atoms with van der Waals surface area (Å²) >= 11 is 7.85. The lowest BCUT2D eigenvalue weighted by Gasteiger charge is -2.39. The van der Waals surface area contributed by atoms with E-state index in [9.17, 15) is 4.79 Å². The fraction of sp³-hybridized carbons (Fsp3) is 0.250. The van der Waals surface area contributed by atoms with Crippen molar-refractivity contribution in [3.05, 3.63) is 76.8 Å². The van der Waals surface area contributed by atoms with E-state index in [0.29, 0.717) is 6.42 Å². The molecule has 3 aromatic heterocycles. The number of thiophene rings is 1. The first-order valence-corrected chi connectivity index (χ1v) is 11.7. The maximum Gasteiger partial charge on any atom is 0.165 e. The van der Waals surface area contributed by atoms with Crippen LogP contribution in [0, 0.1) is 0 Å². The topological polar surface area (TPSA) is 74.8 Å². The van der Waals surface area contributed by atoms with Gasteiger partial charge in [-0.2, -0.15) is 5.10 Å². The van der Waals surface area contributed by atoms with Crippen LogP contribution < -0.4 is 0 Å². The second-order valence-corrected chi connectivity index (χ2v) is 9.48. The molecule has 8 heteroatoms. The molecule has 0 amide bonds. The van der Waals surface area contributed by atoms with E-state index >= 15 is 0 Å². The van der Waals surface area contributed by atoms with Crippen molar-refractivity contribution in [2.45, 2.75) is 25.8 Å². The van der Waals surface area contributed by atoms with Crippen LogP contribution in [-0.4, -0.2) is 43.9 Å². The Morgan fingerprint density at radius 3 is 2.66 bits per heavy atom. The number of hydrogen-bond donors (Lipinski definition) is 1. The number of nitrogens with zero attached hydrogens (tertiary/aromatic N) is 4. The molecule has 1 aromatic carbocycles. The van der Waals surface area contributed by atoms with E-state index in [1.165, 1.54) is 23.9 Å². The fourth-order valence-corrected chi connectivity index (χ4v) is 5.32. The summed E-state index contributed by atoms with van der Waals surface area (Å²) in [4.78, 5) is 25.0. The predicted molar refractivity (Wildman–Crippen MR) is 127 cm³/mol. The Morgan fingerprint density at radius 2 is 2.00 bits per heavy atom. The molecule has 6 nitrogen and oxygen atoms in total. The number of rotatable bonds is 7. The maximum absolute atomic E-state index is 11.6. The molecule has 4 aromatic rings. The molecule has 0 saturated carbocycles. The van der Waals surface area contributed by atoms with Crippen molar-refractivity contribution >= 4 is 28.7 Å². The zero-order valence-electron chi connectivity index (χ0n) is 17.6. The molecule has 162 valence electrons. The van der Waals surface area contributed by atoms with Gasteiger partial charge in [-0.1, -0.05) is 23.7 Å². The normalized spacial score (nSPS) is 14.8. The van der Waals surface area contributed by atoms with Crippen molar-refractivity contribution in [1.29, 1.82) is 0 Å². The van der Waals surface area contributed by atoms with E-state index in [-0.39, 0.29) is 11.8 Å². The maximum atomic E-state index is 11.6. The van der Waals surface area contributed by atoms with Gasteiger partial charge in [-0.25, -0.2) is 4.98 Å². The molecule has 0 bridgehead atoms. The first-order valence-electron chi connectivity index (χ1n) is 10.5. The molecule has 0 unspecified atom stereocenters. The molecule has 0 spiro atoms. The van der Waals surface area contributed by atoms with Gasteiger partial charge in [0, 0.05) is 41.3 Å². The van der Waals surface area contributed by atoms with Crippen molar-refractivity contribution < 1.29 is 4.79 Å². The van der Waals surface area contributed by atoms with E-state index in [0.717, 1.165) is 44.9 Å². The number of aromatic nitrogens is 4. The van der Waals surface area contributed by atoms with Crippen LogP contribution in [0.2, 0.25) is 5.02 Å². The number of hydrogen-bond acceptors (Lipinski definition) is 6. The highest BCUT2D eigenvalue weighted by atomic mass is 35.5. The summed E-state index contributed by atoms with van der Waals surface area (Å²) in [6.45, 7) is 3.68. The van der Waals surface area contributed by atoms with Crippen LogP contribution in [0.5, 0.6) is 0 Å². The van der Waals surface area contributed by atoms with Crippen LogP contribution in [0.1, 0.15) is 36.2 Å². The van der Waals surface area contributed by atoms with Gasteiger partial charge in [0.2, 0.25) is 0 Å². The minimum atomic E-state index is 0.101. The SMILES string of the molecule is CC(=O)Cc1cc(-c2cc([C@@H](c3ccc(Cl)cc3)N3CCC3)c(-c3ncn[nH]3)s2)ccn1. The number of carbonyl (C=O) groups excluding carboxylic acids is 1. The molecule has 1 atom stereocenters. The number of aromatic amines is 1. The third-order valence-corrected chi connectivity index (χ3v) is 7.12. The molecule has 32 heavy (non-hydrogen) atoms. The van der Waals surface area contributed by atoms with Crippen LogP contribution in [0.4, 0.5) is 0 Å². The fourth-order valence-electron chi connectivity index (χ4n) is 4.06. The van der Waals surface area contributed by atoms with Crippen LogP contribution in [0.25, 0.3) is 21.1 Å². The molecule has 1 fully saturated rings. The second-order valence-electron chi connectivity index (χ2n) is 7.99. The first-order chi connectivity index (χ1) is 15.6. The lowest BCUT2D eigenvalue weighted by molar-refractivity contribution is -0.116. The molecular formula is C24H22ClN5OS. The van der Waals surface area contributed by atoms with Crippen LogP contribution >= 0.6 is 22.9 Å². The van der Waals surface area contributed by atoms with E-state index in [1.54, 1.807) is 24.5 Å². The summed E-state index contributed by atoms with van der Waals surface area (Å²) in [7, 11) is 0. The molecular weight excluding hydrogens is 442 g/mol. The van der Waals surface area contributed by atoms with E-state index < -0.39 is 0 Å². The number of benzene rings is 1. The minimum Gasteiger partial charge on any atom is -0.300 e. The van der Waals surface area contributed by atoms with Gasteiger partial charge >= 0.3 is 0 Å². The average molecular weight is 464 g/mol. The Labute approximate surface area is 195 Å². The van der Waals surface area contributed by atoms with Crippen molar-refractivity contribution in [2.24, 2.45) is 0 Å². The van der Waals surface area contributed by atoms with Gasteiger partial charge in [0.1, 0.15) is 12.1 Å². The largest absolute Gasteiger partial charge is 0.300 e. The molecule has 4 heterocycles. The van der Waals surface area contributed by atoms with E-state index in [1.807, 2.05) is 24.3 Å². The van der Waals surface area contributed by atoms with Gasteiger partial charge in [0.25, 0.3) is 0 Å². The van der Waals surface area contributed by atoms with E-state index in [2.05, 4.69) is 43.3 Å². The van der Waals surface area contributed by atoms with Crippen molar-refractivity contribution in [3.63, 3.8) is 0 Å². The van der Waals surface area contributed by atoms with Gasteiger partial charge in [0.15, 0.2) is 5.82 Å². The molecule has 0 aliphatic carbocycles. The van der Waals surface area contributed by atoms with Gasteiger partial charge in [0.05, 0.1) is 10.9 Å². The quantitative estimate of drug-likeness (QED) is 0.409. The van der Waals surface area contributed by atoms with Gasteiger partial charge in [-0.15, -0.1) is 11.3 Å². The summed E-state index contributed by atoms with van der Waals surface area (Å²) in [5, 5.41) is 7.85. The van der Waals surface area contributed by atoms with Crippen LogP contribution in [0.3, 0.4) is 0 Å². The Bertz CT molecular complexity index is 1230. The Hall–Kier alpha value is -2.87. The Morgan fingerprint density at radius 1 is 1.19 bits per heavy atom. The number of halogens is 1. The summed E-state index contributed by atoms with van der Waals surface area (Å²) in [6, 6.07) is 14.4. The number of nitrogens with one attached hydrogen (secondary N) is 1. The number of Topliss-reactive ketones (excluding diaryl/α,β-unsaturated/α-hetero) is 1. The summed E-state index contributed by atoms with van der Waals surface area (Å²) < 4.78 is 0. The summed E-state index contributed by atoms with van der Waals surface area (Å²) in [6.07, 6.45) is 4.84. The Balaban J connectivity index is 1.63. The molecule has 1 N–H and O–H groups in total. The average Bonchev–Trinajstić information content (AvgIpc) is 3.41. The highest BCUT2D eigenvalue weighted by Crippen LogP contribution is 2.44. The monoisotopic (exact) mass is 463 g/mol. The van der Waals surface area contributed by atoms with E-state index in [4.69, 9.17) is 11.6 Å². The highest BCUT2D eigenvalue weighted by molar-refractivity contribution is 7.19. The molecule has 1 aliphatic heterocycles. The molecule has 1 aliphatic rings. The third-order valence-electron chi connectivity index (χ3n) is 5.66. The van der Waals surface area contributed by atoms with Crippen LogP contribution in [0.15, 0.2) is 55.0 Å². The number of pyridine rings is 1. The third kappa shape index (κ3) is 4.24. The smallest absolute Gasteiger partial charge is 0.165 e. The zero-order chi connectivity index (χ0) is 22.1. The Kier molecular flexibility index (Phi) is 5.87. The number of likely N-dealkylation sites (tertiary alicyclic amines) is 1. The van der Waals surface area contributed by atoms with Gasteiger partial charge < -0.3 is 0 Å². The standard InChI is InChI=1S/C24H22ClN5OS/c1-15(31)11-19-12-17(7-8-26-19)21-13-20(23(32-21)24-27-14-28-29-24)22(30-9-2-10-30)16-3-5-18(25)6-4-16/h3-8,12-14,22H,2,9-11H2,1H3,(H,27,28,29)/t22-/m1/s1. The van der Waals surface area contributed by atoms with Crippen molar-refractivity contribution in [2.75, 3.05) is 13.1 Å². The van der Waals surface area contributed by atoms with Crippen molar-refractivity contribution in [3.8, 4) is 21.1 Å².